The molecule has 2 aromatic rings. The topological polar surface area (TPSA) is 70.4 Å². The van der Waals surface area contributed by atoms with Crippen LogP contribution in [-0.4, -0.2) is 51.3 Å². The van der Waals surface area contributed by atoms with Crippen LogP contribution in [0.4, 0.5) is 4.79 Å². The molecule has 2 rings (SSSR count). The molecule has 0 aliphatic carbocycles. The first-order valence-corrected chi connectivity index (χ1v) is 7.48. The Hall–Kier alpha value is -2.08. The number of nitrogens with one attached hydrogen (secondary N) is 1. The van der Waals surface area contributed by atoms with E-state index >= 15 is 0 Å². The Morgan fingerprint density at radius 1 is 1.41 bits per heavy atom. The molecular weight excluding hydrogens is 280 g/mol. The van der Waals surface area contributed by atoms with Crippen LogP contribution in [0.15, 0.2) is 30.6 Å². The Labute approximate surface area is 130 Å². The van der Waals surface area contributed by atoms with Crippen molar-refractivity contribution in [1.29, 1.82) is 0 Å². The number of likely N-dealkylation sites (N-methyl/N-ethyl adjacent to an activating group) is 1. The van der Waals surface area contributed by atoms with Gasteiger partial charge in [-0.25, -0.2) is 9.78 Å². The molecule has 1 aromatic heterocycles. The number of nitrogens with zero attached hydrogens (tertiary/aromatic N) is 3. The minimum absolute atomic E-state index is 0.169. The molecule has 0 radical (unpaired) electrons. The van der Waals surface area contributed by atoms with Crippen molar-refractivity contribution in [3.63, 3.8) is 0 Å². The first-order valence-electron chi connectivity index (χ1n) is 7.48. The van der Waals surface area contributed by atoms with Crippen LogP contribution in [0.2, 0.25) is 0 Å². The van der Waals surface area contributed by atoms with E-state index in [1.54, 1.807) is 20.9 Å². The number of aliphatic hydroxyl groups is 1. The highest BCUT2D eigenvalue weighted by molar-refractivity contribution is 5.75. The molecule has 1 aromatic carbocycles. The summed E-state index contributed by atoms with van der Waals surface area (Å²) >= 11 is 0. The molecular formula is C16H24N4O2. The van der Waals surface area contributed by atoms with Crippen molar-refractivity contribution in [2.45, 2.75) is 32.4 Å². The van der Waals surface area contributed by atoms with Gasteiger partial charge in [0.1, 0.15) is 0 Å². The quantitative estimate of drug-likeness (QED) is 0.800. The van der Waals surface area contributed by atoms with Gasteiger partial charge in [0.05, 0.1) is 29.5 Å². The zero-order valence-electron chi connectivity index (χ0n) is 13.4. The number of para-hydroxylation sites is 2. The van der Waals surface area contributed by atoms with E-state index in [1.807, 2.05) is 30.6 Å². The van der Waals surface area contributed by atoms with Gasteiger partial charge in [-0.05, 0) is 32.4 Å². The second-order valence-corrected chi connectivity index (χ2v) is 6.18. The van der Waals surface area contributed by atoms with E-state index in [-0.39, 0.29) is 6.03 Å². The number of hydrogen-bond acceptors (Lipinski definition) is 3. The minimum atomic E-state index is -0.887. The normalized spacial score (nSPS) is 11.6. The predicted octanol–water partition coefficient (Wildman–Crippen LogP) is 1.84. The highest BCUT2D eigenvalue weighted by Crippen LogP contribution is 2.11. The molecule has 2 N–H and O–H groups in total. The Kier molecular flexibility index (Phi) is 5.03. The zero-order valence-corrected chi connectivity index (χ0v) is 13.4. The summed E-state index contributed by atoms with van der Waals surface area (Å²) < 4.78 is 2.09. The lowest BCUT2D eigenvalue weighted by Gasteiger charge is -2.25. The molecule has 0 saturated heterocycles. The predicted molar refractivity (Wildman–Crippen MR) is 86.7 cm³/mol. The van der Waals surface area contributed by atoms with Gasteiger partial charge >= 0.3 is 6.03 Å². The van der Waals surface area contributed by atoms with Gasteiger partial charge in [-0.1, -0.05) is 12.1 Å². The van der Waals surface area contributed by atoms with Crippen LogP contribution in [0.3, 0.4) is 0 Å². The summed E-state index contributed by atoms with van der Waals surface area (Å²) in [6.45, 7) is 5.05. The van der Waals surface area contributed by atoms with Gasteiger partial charge in [0.2, 0.25) is 0 Å². The molecule has 2 amide bonds. The lowest BCUT2D eigenvalue weighted by molar-refractivity contribution is 0.0532. The molecule has 0 bridgehead atoms. The number of fused-ring (bicyclic) bond motifs is 1. The van der Waals surface area contributed by atoms with E-state index in [1.165, 1.54) is 4.90 Å². The summed E-state index contributed by atoms with van der Waals surface area (Å²) in [4.78, 5) is 17.7. The average molecular weight is 304 g/mol. The smallest absolute Gasteiger partial charge is 0.317 e. The first-order chi connectivity index (χ1) is 10.4. The molecule has 120 valence electrons. The van der Waals surface area contributed by atoms with Crippen molar-refractivity contribution in [3.8, 4) is 0 Å². The van der Waals surface area contributed by atoms with Crippen LogP contribution in [0.5, 0.6) is 0 Å². The Morgan fingerprint density at radius 3 is 2.86 bits per heavy atom. The van der Waals surface area contributed by atoms with Crippen LogP contribution in [0.1, 0.15) is 20.3 Å². The third-order valence-corrected chi connectivity index (χ3v) is 3.35. The second-order valence-electron chi connectivity index (χ2n) is 6.18. The number of benzene rings is 1. The van der Waals surface area contributed by atoms with Crippen molar-refractivity contribution in [2.24, 2.45) is 0 Å². The van der Waals surface area contributed by atoms with E-state index in [2.05, 4.69) is 14.9 Å². The van der Waals surface area contributed by atoms with Crippen LogP contribution in [-0.2, 0) is 6.54 Å². The number of hydrogen-bond donors (Lipinski definition) is 2. The Balaban J connectivity index is 1.76. The molecule has 0 fully saturated rings. The highest BCUT2D eigenvalue weighted by Gasteiger charge is 2.18. The fourth-order valence-electron chi connectivity index (χ4n) is 2.42. The Bertz CT molecular complexity index is 630. The monoisotopic (exact) mass is 304 g/mol. The fourth-order valence-corrected chi connectivity index (χ4v) is 2.42. The maximum atomic E-state index is 11.9. The lowest BCUT2D eigenvalue weighted by Crippen LogP contribution is -2.44. The van der Waals surface area contributed by atoms with Gasteiger partial charge in [0, 0.05) is 20.1 Å². The summed E-state index contributed by atoms with van der Waals surface area (Å²) in [6, 6.07) is 7.82. The maximum absolute atomic E-state index is 11.9. The summed E-state index contributed by atoms with van der Waals surface area (Å²) in [7, 11) is 1.68. The number of rotatable bonds is 6. The minimum Gasteiger partial charge on any atom is -0.389 e. The SMILES string of the molecule is CN(CC(C)(C)O)C(=O)NCCCn1cnc2ccccc21. The van der Waals surface area contributed by atoms with Gasteiger partial charge in [-0.2, -0.15) is 0 Å². The lowest BCUT2D eigenvalue weighted by atomic mass is 10.1. The molecule has 6 nitrogen and oxygen atoms in total. The summed E-state index contributed by atoms with van der Waals surface area (Å²) in [6.07, 6.45) is 2.65. The highest BCUT2D eigenvalue weighted by atomic mass is 16.3. The molecule has 0 aliphatic rings. The van der Waals surface area contributed by atoms with Crippen molar-refractivity contribution >= 4 is 17.1 Å². The average Bonchev–Trinajstić information content (AvgIpc) is 2.85. The van der Waals surface area contributed by atoms with Gasteiger partial charge in [-0.15, -0.1) is 0 Å². The van der Waals surface area contributed by atoms with Gasteiger partial charge in [-0.3, -0.25) is 0 Å². The van der Waals surface area contributed by atoms with E-state index in [9.17, 15) is 9.90 Å². The van der Waals surface area contributed by atoms with Crippen molar-refractivity contribution in [2.75, 3.05) is 20.1 Å². The number of aryl methyl sites for hydroxylation is 1. The van der Waals surface area contributed by atoms with Gasteiger partial charge in [0.15, 0.2) is 0 Å². The molecule has 0 atom stereocenters. The molecule has 22 heavy (non-hydrogen) atoms. The van der Waals surface area contributed by atoms with Crippen LogP contribution < -0.4 is 5.32 Å². The summed E-state index contributed by atoms with van der Waals surface area (Å²) in [5.74, 6) is 0. The number of amides is 2. The van der Waals surface area contributed by atoms with Gasteiger partial charge in [0.25, 0.3) is 0 Å². The molecule has 0 aliphatic heterocycles. The number of urea groups is 1. The van der Waals surface area contributed by atoms with Crippen molar-refractivity contribution in [3.05, 3.63) is 30.6 Å². The van der Waals surface area contributed by atoms with E-state index < -0.39 is 5.60 Å². The fraction of sp³-hybridized carbons (Fsp3) is 0.500. The summed E-state index contributed by atoms with van der Waals surface area (Å²) in [5, 5.41) is 12.6. The van der Waals surface area contributed by atoms with Crippen molar-refractivity contribution < 1.29 is 9.90 Å². The van der Waals surface area contributed by atoms with Crippen LogP contribution in [0.25, 0.3) is 11.0 Å². The van der Waals surface area contributed by atoms with Crippen LogP contribution in [0, 0.1) is 0 Å². The molecule has 1 heterocycles. The maximum Gasteiger partial charge on any atom is 0.317 e. The third kappa shape index (κ3) is 4.46. The largest absolute Gasteiger partial charge is 0.389 e. The molecule has 0 spiro atoms. The van der Waals surface area contributed by atoms with Crippen LogP contribution >= 0.6 is 0 Å². The van der Waals surface area contributed by atoms with Gasteiger partial charge < -0.3 is 19.9 Å². The van der Waals surface area contributed by atoms with Crippen molar-refractivity contribution in [1.82, 2.24) is 19.8 Å². The Morgan fingerprint density at radius 2 is 2.14 bits per heavy atom. The number of carbonyl (C=O) groups is 1. The molecule has 6 heteroatoms. The standard InChI is InChI=1S/C16H24N4O2/c1-16(2,22)11-19(3)15(21)17-9-6-10-20-12-18-13-7-4-5-8-14(13)20/h4-5,7-8,12,22H,6,9-11H2,1-3H3,(H,17,21). The second kappa shape index (κ2) is 6.79. The third-order valence-electron chi connectivity index (χ3n) is 3.35. The van der Waals surface area contributed by atoms with E-state index in [4.69, 9.17) is 0 Å². The van der Waals surface area contributed by atoms with E-state index in [0.717, 1.165) is 24.0 Å². The number of imidazole rings is 1. The zero-order chi connectivity index (χ0) is 16.2. The van der Waals surface area contributed by atoms with E-state index in [0.29, 0.717) is 13.1 Å². The summed E-state index contributed by atoms with van der Waals surface area (Å²) in [5.41, 5.74) is 1.20. The number of aromatic nitrogens is 2. The molecule has 0 saturated carbocycles. The number of carbonyl (C=O) groups excluding carboxylic acids is 1. The first kappa shape index (κ1) is 16.3. The molecule has 0 unspecified atom stereocenters.